The van der Waals surface area contributed by atoms with E-state index in [9.17, 15) is 0 Å². The van der Waals surface area contributed by atoms with Crippen LogP contribution in [0.25, 0.3) is 11.1 Å². The number of aromatic nitrogens is 1. The maximum atomic E-state index is 4.15. The fourth-order valence-electron chi connectivity index (χ4n) is 1.35. The van der Waals surface area contributed by atoms with Gasteiger partial charge in [-0.2, -0.15) is 0 Å². The number of nitrogens with zero attached hydrogens (tertiary/aromatic N) is 1. The zero-order valence-electron chi connectivity index (χ0n) is 8.27. The molecule has 2 rings (SSSR count). The average Bonchev–Trinajstić information content (AvgIpc) is 2.29. The predicted octanol–water partition coefficient (Wildman–Crippen LogP) is 4.23. The quantitative estimate of drug-likeness (QED) is 0.763. The molecule has 0 fully saturated rings. The Morgan fingerprint density at radius 2 is 1.80 bits per heavy atom. The lowest BCUT2D eigenvalue weighted by Gasteiger charge is -2.02. The van der Waals surface area contributed by atoms with Gasteiger partial charge in [-0.05, 0) is 45.9 Å². The molecule has 1 nitrogen and oxygen atoms in total. The van der Waals surface area contributed by atoms with Crippen molar-refractivity contribution in [2.24, 2.45) is 0 Å². The van der Waals surface area contributed by atoms with Crippen LogP contribution >= 0.6 is 27.7 Å². The monoisotopic (exact) mass is 279 g/mol. The fourth-order valence-corrected chi connectivity index (χ4v) is 2.13. The summed E-state index contributed by atoms with van der Waals surface area (Å²) >= 11 is 5.17. The van der Waals surface area contributed by atoms with Gasteiger partial charge in [-0.25, -0.2) is 0 Å². The largest absolute Gasteiger partial charge is 0.263 e. The molecule has 0 saturated heterocycles. The zero-order chi connectivity index (χ0) is 10.7. The maximum Gasteiger partial charge on any atom is 0.0410 e. The molecule has 1 aromatic heterocycles. The first-order chi connectivity index (χ1) is 7.29. The number of halogens is 1. The highest BCUT2D eigenvalue weighted by molar-refractivity contribution is 9.10. The van der Waals surface area contributed by atoms with Gasteiger partial charge in [-0.1, -0.05) is 12.1 Å². The first-order valence-electron chi connectivity index (χ1n) is 4.54. The van der Waals surface area contributed by atoms with Gasteiger partial charge in [0.15, 0.2) is 0 Å². The second-order valence-electron chi connectivity index (χ2n) is 3.12. The Labute approximate surface area is 102 Å². The number of rotatable bonds is 2. The standard InChI is InChI=1S/C12H10BrNS/c1-15-12-4-2-9(3-5-12)10-6-11(13)8-14-7-10/h2-8H,1H3. The minimum Gasteiger partial charge on any atom is -0.263 e. The van der Waals surface area contributed by atoms with E-state index in [1.165, 1.54) is 10.5 Å². The summed E-state index contributed by atoms with van der Waals surface area (Å²) in [6.07, 6.45) is 5.74. The molecule has 0 atom stereocenters. The van der Waals surface area contributed by atoms with Gasteiger partial charge in [0.25, 0.3) is 0 Å². The summed E-state index contributed by atoms with van der Waals surface area (Å²) in [4.78, 5) is 5.43. The molecule has 2 aromatic rings. The first-order valence-corrected chi connectivity index (χ1v) is 6.56. The Morgan fingerprint density at radius 1 is 1.07 bits per heavy atom. The molecule has 1 heterocycles. The second-order valence-corrected chi connectivity index (χ2v) is 4.92. The average molecular weight is 280 g/mol. The normalized spacial score (nSPS) is 10.3. The highest BCUT2D eigenvalue weighted by Crippen LogP contribution is 2.24. The molecule has 0 radical (unpaired) electrons. The third-order valence-electron chi connectivity index (χ3n) is 2.13. The highest BCUT2D eigenvalue weighted by atomic mass is 79.9. The topological polar surface area (TPSA) is 12.9 Å². The summed E-state index contributed by atoms with van der Waals surface area (Å²) in [7, 11) is 0. The molecule has 0 aliphatic carbocycles. The molecular weight excluding hydrogens is 270 g/mol. The van der Waals surface area contributed by atoms with Crippen LogP contribution in [0.1, 0.15) is 0 Å². The Balaban J connectivity index is 2.37. The van der Waals surface area contributed by atoms with Crippen molar-refractivity contribution in [3.63, 3.8) is 0 Å². The zero-order valence-corrected chi connectivity index (χ0v) is 10.7. The van der Waals surface area contributed by atoms with Gasteiger partial charge in [-0.15, -0.1) is 11.8 Å². The van der Waals surface area contributed by atoms with Crippen LogP contribution in [-0.2, 0) is 0 Å². The third kappa shape index (κ3) is 2.61. The van der Waals surface area contributed by atoms with E-state index in [4.69, 9.17) is 0 Å². The molecule has 0 spiro atoms. The Morgan fingerprint density at radius 3 is 2.40 bits per heavy atom. The van der Waals surface area contributed by atoms with Crippen LogP contribution in [0.3, 0.4) is 0 Å². The molecule has 0 saturated carbocycles. The Hall–Kier alpha value is -0.800. The van der Waals surface area contributed by atoms with Gasteiger partial charge in [0.1, 0.15) is 0 Å². The van der Waals surface area contributed by atoms with Crippen molar-refractivity contribution in [1.29, 1.82) is 0 Å². The van der Waals surface area contributed by atoms with Crippen molar-refractivity contribution < 1.29 is 0 Å². The molecule has 0 aliphatic rings. The maximum absolute atomic E-state index is 4.15. The van der Waals surface area contributed by atoms with Crippen molar-refractivity contribution in [1.82, 2.24) is 4.98 Å². The summed E-state index contributed by atoms with van der Waals surface area (Å²) in [5, 5.41) is 0. The number of thioether (sulfide) groups is 1. The molecule has 0 bridgehead atoms. The Bertz CT molecular complexity index is 453. The SMILES string of the molecule is CSc1ccc(-c2cncc(Br)c2)cc1. The van der Waals surface area contributed by atoms with Crippen molar-refractivity contribution in [3.05, 3.63) is 47.2 Å². The summed E-state index contributed by atoms with van der Waals surface area (Å²) in [5.74, 6) is 0. The molecule has 0 aliphatic heterocycles. The highest BCUT2D eigenvalue weighted by Gasteiger charge is 1.98. The number of hydrogen-bond acceptors (Lipinski definition) is 2. The lowest BCUT2D eigenvalue weighted by atomic mass is 10.1. The van der Waals surface area contributed by atoms with Crippen LogP contribution in [0.2, 0.25) is 0 Å². The van der Waals surface area contributed by atoms with Gasteiger partial charge in [0, 0.05) is 27.3 Å². The summed E-state index contributed by atoms with van der Waals surface area (Å²) in [6, 6.07) is 10.6. The van der Waals surface area contributed by atoms with Crippen molar-refractivity contribution in [3.8, 4) is 11.1 Å². The Kier molecular flexibility index (Phi) is 3.44. The molecule has 1 aromatic carbocycles. The number of hydrogen-bond donors (Lipinski definition) is 0. The molecule has 0 N–H and O–H groups in total. The van der Waals surface area contributed by atoms with E-state index in [-0.39, 0.29) is 0 Å². The van der Waals surface area contributed by atoms with E-state index < -0.39 is 0 Å². The van der Waals surface area contributed by atoms with Gasteiger partial charge < -0.3 is 0 Å². The molecule has 15 heavy (non-hydrogen) atoms. The smallest absolute Gasteiger partial charge is 0.0410 e. The van der Waals surface area contributed by atoms with E-state index in [2.05, 4.69) is 57.5 Å². The van der Waals surface area contributed by atoms with Gasteiger partial charge >= 0.3 is 0 Å². The predicted molar refractivity (Wildman–Crippen MR) is 69.2 cm³/mol. The van der Waals surface area contributed by atoms with Crippen LogP contribution in [0, 0.1) is 0 Å². The molecule has 3 heteroatoms. The van der Waals surface area contributed by atoms with Crippen LogP contribution in [0.5, 0.6) is 0 Å². The summed E-state index contributed by atoms with van der Waals surface area (Å²) in [6.45, 7) is 0. The minimum atomic E-state index is 1.01. The van der Waals surface area contributed by atoms with Gasteiger partial charge in [-0.3, -0.25) is 4.98 Å². The first kappa shape index (κ1) is 10.7. The summed E-state index contributed by atoms with van der Waals surface area (Å²) in [5.41, 5.74) is 2.33. The van der Waals surface area contributed by atoms with Crippen LogP contribution in [-0.4, -0.2) is 11.2 Å². The van der Waals surface area contributed by atoms with Gasteiger partial charge in [0.2, 0.25) is 0 Å². The van der Waals surface area contributed by atoms with Gasteiger partial charge in [0.05, 0.1) is 0 Å². The fraction of sp³-hybridized carbons (Fsp3) is 0.0833. The number of benzene rings is 1. The summed E-state index contributed by atoms with van der Waals surface area (Å²) < 4.78 is 1.01. The van der Waals surface area contributed by atoms with Crippen LogP contribution < -0.4 is 0 Å². The lowest BCUT2D eigenvalue weighted by Crippen LogP contribution is -1.80. The van der Waals surface area contributed by atoms with E-state index in [1.54, 1.807) is 18.0 Å². The van der Waals surface area contributed by atoms with E-state index in [1.807, 2.05) is 6.20 Å². The second kappa shape index (κ2) is 4.81. The van der Waals surface area contributed by atoms with Crippen LogP contribution in [0.15, 0.2) is 52.1 Å². The minimum absolute atomic E-state index is 1.01. The van der Waals surface area contributed by atoms with E-state index in [0.717, 1.165) is 10.0 Å². The van der Waals surface area contributed by atoms with E-state index >= 15 is 0 Å². The third-order valence-corrected chi connectivity index (χ3v) is 3.31. The van der Waals surface area contributed by atoms with Crippen molar-refractivity contribution >= 4 is 27.7 Å². The molecule has 76 valence electrons. The van der Waals surface area contributed by atoms with Crippen molar-refractivity contribution in [2.75, 3.05) is 6.26 Å². The molecule has 0 unspecified atom stereocenters. The van der Waals surface area contributed by atoms with Crippen LogP contribution in [0.4, 0.5) is 0 Å². The molecular formula is C12H10BrNS. The number of pyridine rings is 1. The van der Waals surface area contributed by atoms with E-state index in [0.29, 0.717) is 0 Å². The lowest BCUT2D eigenvalue weighted by molar-refractivity contribution is 1.31. The van der Waals surface area contributed by atoms with Crippen molar-refractivity contribution in [2.45, 2.75) is 4.90 Å². The molecule has 0 amide bonds.